The molecule has 1 aliphatic carbocycles. The smallest absolute Gasteiger partial charge is 0.124 e. The van der Waals surface area contributed by atoms with Crippen LogP contribution in [0.2, 0.25) is 0 Å². The zero-order chi connectivity index (χ0) is 13.0. The third-order valence-electron chi connectivity index (χ3n) is 4.05. The fraction of sp³-hybridized carbons (Fsp3) is 0.625. The number of para-hydroxylation sites is 1. The lowest BCUT2D eigenvalue weighted by atomic mass is 9.84. The van der Waals surface area contributed by atoms with Gasteiger partial charge in [0, 0.05) is 11.6 Å². The normalized spacial score (nSPS) is 25.7. The molecule has 3 atom stereocenters. The Hall–Kier alpha value is -1.02. The highest BCUT2D eigenvalue weighted by Gasteiger charge is 2.26. The molecule has 1 saturated carbocycles. The molecule has 2 rings (SSSR count). The number of ether oxygens (including phenoxy) is 1. The van der Waals surface area contributed by atoms with Gasteiger partial charge in [-0.15, -0.1) is 0 Å². The van der Waals surface area contributed by atoms with E-state index in [0.29, 0.717) is 12.0 Å². The molecule has 1 aliphatic rings. The second kappa shape index (κ2) is 6.24. The zero-order valence-electron chi connectivity index (χ0n) is 11.6. The molecule has 0 aliphatic heterocycles. The van der Waals surface area contributed by atoms with Crippen LogP contribution in [0.3, 0.4) is 0 Å². The van der Waals surface area contributed by atoms with Crippen LogP contribution in [-0.2, 0) is 0 Å². The first-order chi connectivity index (χ1) is 8.72. The lowest BCUT2D eigenvalue weighted by Gasteiger charge is -2.32. The molecular formula is C16H25NO. The van der Waals surface area contributed by atoms with Gasteiger partial charge in [-0.1, -0.05) is 31.5 Å². The Morgan fingerprint density at radius 3 is 2.72 bits per heavy atom. The summed E-state index contributed by atoms with van der Waals surface area (Å²) < 4.78 is 6.27. The Morgan fingerprint density at radius 1 is 1.28 bits per heavy atom. The van der Waals surface area contributed by atoms with Crippen LogP contribution >= 0.6 is 0 Å². The Kier molecular flexibility index (Phi) is 4.65. The van der Waals surface area contributed by atoms with E-state index in [9.17, 15) is 0 Å². The summed E-state index contributed by atoms with van der Waals surface area (Å²) in [5.74, 6) is 1.69. The summed E-state index contributed by atoms with van der Waals surface area (Å²) in [4.78, 5) is 0. The predicted molar refractivity (Wildman–Crippen MR) is 75.7 cm³/mol. The van der Waals surface area contributed by atoms with Gasteiger partial charge in [-0.3, -0.25) is 0 Å². The third-order valence-corrected chi connectivity index (χ3v) is 4.05. The van der Waals surface area contributed by atoms with E-state index in [1.165, 1.54) is 32.1 Å². The van der Waals surface area contributed by atoms with Gasteiger partial charge in [0.1, 0.15) is 11.9 Å². The lowest BCUT2D eigenvalue weighted by molar-refractivity contribution is 0.0891. The van der Waals surface area contributed by atoms with Gasteiger partial charge in [-0.2, -0.15) is 0 Å². The van der Waals surface area contributed by atoms with Crippen molar-refractivity contribution in [2.45, 2.75) is 58.1 Å². The van der Waals surface area contributed by atoms with Gasteiger partial charge in [-0.05, 0) is 44.6 Å². The van der Waals surface area contributed by atoms with Gasteiger partial charge in [0.25, 0.3) is 0 Å². The molecule has 1 aromatic carbocycles. The summed E-state index contributed by atoms with van der Waals surface area (Å²) in [6, 6.07) is 8.23. The minimum absolute atomic E-state index is 0.0323. The average Bonchev–Trinajstić information content (AvgIpc) is 2.40. The van der Waals surface area contributed by atoms with E-state index >= 15 is 0 Å². The van der Waals surface area contributed by atoms with Gasteiger partial charge in [-0.25, -0.2) is 0 Å². The number of benzene rings is 1. The Balaban J connectivity index is 2.12. The molecule has 0 amide bonds. The molecule has 18 heavy (non-hydrogen) atoms. The molecule has 1 fully saturated rings. The predicted octanol–water partition coefficient (Wildman–Crippen LogP) is 4.05. The molecule has 0 saturated heterocycles. The molecule has 100 valence electrons. The fourth-order valence-corrected chi connectivity index (χ4v) is 2.92. The van der Waals surface area contributed by atoms with Crippen molar-refractivity contribution in [3.05, 3.63) is 29.8 Å². The Morgan fingerprint density at radius 2 is 2.00 bits per heavy atom. The summed E-state index contributed by atoms with van der Waals surface area (Å²) in [6.07, 6.45) is 6.73. The summed E-state index contributed by atoms with van der Waals surface area (Å²) in [5.41, 5.74) is 7.13. The minimum Gasteiger partial charge on any atom is -0.490 e. The molecule has 1 aromatic rings. The van der Waals surface area contributed by atoms with Gasteiger partial charge in [0.05, 0.1) is 0 Å². The van der Waals surface area contributed by atoms with Crippen molar-refractivity contribution in [2.75, 3.05) is 0 Å². The van der Waals surface area contributed by atoms with Crippen molar-refractivity contribution in [3.8, 4) is 5.75 Å². The maximum atomic E-state index is 6.27. The first kappa shape index (κ1) is 13.4. The van der Waals surface area contributed by atoms with Crippen LogP contribution in [0.15, 0.2) is 24.3 Å². The first-order valence-electron chi connectivity index (χ1n) is 7.23. The lowest BCUT2D eigenvalue weighted by Crippen LogP contribution is -2.30. The van der Waals surface area contributed by atoms with E-state index in [2.05, 4.69) is 19.1 Å². The van der Waals surface area contributed by atoms with E-state index < -0.39 is 0 Å². The Labute approximate surface area is 111 Å². The van der Waals surface area contributed by atoms with Crippen molar-refractivity contribution < 1.29 is 4.74 Å². The second-order valence-electron chi connectivity index (χ2n) is 5.44. The van der Waals surface area contributed by atoms with Crippen LogP contribution in [0, 0.1) is 5.92 Å². The summed E-state index contributed by atoms with van der Waals surface area (Å²) in [5, 5.41) is 0. The van der Waals surface area contributed by atoms with Crippen LogP contribution in [0.4, 0.5) is 0 Å². The average molecular weight is 247 g/mol. The fourth-order valence-electron chi connectivity index (χ4n) is 2.92. The largest absolute Gasteiger partial charge is 0.490 e. The number of hydrogen-bond acceptors (Lipinski definition) is 2. The number of rotatable bonds is 4. The zero-order valence-corrected chi connectivity index (χ0v) is 11.6. The van der Waals surface area contributed by atoms with E-state index in [-0.39, 0.29) is 6.04 Å². The van der Waals surface area contributed by atoms with Crippen LogP contribution in [0.5, 0.6) is 5.75 Å². The standard InChI is InChI=1S/C16H25NO/c1-3-13-8-4-6-10-15(13)18-16-11-7-5-9-14(16)12(2)17/h5,7,9,11-13,15H,3-4,6,8,10,17H2,1-2H3. The van der Waals surface area contributed by atoms with Crippen molar-refractivity contribution in [1.82, 2.24) is 0 Å². The molecule has 2 N–H and O–H groups in total. The quantitative estimate of drug-likeness (QED) is 0.871. The van der Waals surface area contributed by atoms with Crippen LogP contribution in [0.25, 0.3) is 0 Å². The molecule has 3 unspecified atom stereocenters. The first-order valence-corrected chi connectivity index (χ1v) is 7.23. The molecule has 0 heterocycles. The van der Waals surface area contributed by atoms with Crippen LogP contribution in [0.1, 0.15) is 57.6 Å². The highest BCUT2D eigenvalue weighted by molar-refractivity contribution is 5.35. The van der Waals surface area contributed by atoms with Crippen molar-refractivity contribution in [2.24, 2.45) is 11.7 Å². The summed E-state index contributed by atoms with van der Waals surface area (Å²) in [6.45, 7) is 4.28. The van der Waals surface area contributed by atoms with Crippen molar-refractivity contribution in [3.63, 3.8) is 0 Å². The molecule has 0 aromatic heterocycles. The maximum Gasteiger partial charge on any atom is 0.124 e. The van der Waals surface area contributed by atoms with Crippen molar-refractivity contribution in [1.29, 1.82) is 0 Å². The second-order valence-corrected chi connectivity index (χ2v) is 5.44. The maximum absolute atomic E-state index is 6.27. The summed E-state index contributed by atoms with van der Waals surface area (Å²) in [7, 11) is 0. The van der Waals surface area contributed by atoms with Crippen LogP contribution in [-0.4, -0.2) is 6.10 Å². The summed E-state index contributed by atoms with van der Waals surface area (Å²) >= 11 is 0. The Bertz CT molecular complexity index is 375. The SMILES string of the molecule is CCC1CCCCC1Oc1ccccc1C(C)N. The topological polar surface area (TPSA) is 35.2 Å². The van der Waals surface area contributed by atoms with Crippen LogP contribution < -0.4 is 10.5 Å². The minimum atomic E-state index is 0.0323. The van der Waals surface area contributed by atoms with Gasteiger partial charge in [0.15, 0.2) is 0 Å². The molecule has 0 radical (unpaired) electrons. The van der Waals surface area contributed by atoms with E-state index in [1.54, 1.807) is 0 Å². The van der Waals surface area contributed by atoms with Crippen molar-refractivity contribution >= 4 is 0 Å². The van der Waals surface area contributed by atoms with Gasteiger partial charge >= 0.3 is 0 Å². The third kappa shape index (κ3) is 3.05. The monoisotopic (exact) mass is 247 g/mol. The van der Waals surface area contributed by atoms with Gasteiger partial charge in [0.2, 0.25) is 0 Å². The van der Waals surface area contributed by atoms with E-state index in [0.717, 1.165) is 11.3 Å². The molecule has 0 bridgehead atoms. The molecule has 0 spiro atoms. The molecule has 2 heteroatoms. The van der Waals surface area contributed by atoms with E-state index in [1.807, 2.05) is 19.1 Å². The van der Waals surface area contributed by atoms with E-state index in [4.69, 9.17) is 10.5 Å². The molecule has 2 nitrogen and oxygen atoms in total. The highest BCUT2D eigenvalue weighted by Crippen LogP contribution is 2.32. The van der Waals surface area contributed by atoms with Gasteiger partial charge < -0.3 is 10.5 Å². The highest BCUT2D eigenvalue weighted by atomic mass is 16.5. The number of nitrogens with two attached hydrogens (primary N) is 1. The molecular weight excluding hydrogens is 222 g/mol. The number of hydrogen-bond donors (Lipinski definition) is 1.